The van der Waals surface area contributed by atoms with Gasteiger partial charge in [-0.3, -0.25) is 9.59 Å². The number of allylic oxidation sites excluding steroid dienone is 2. The van der Waals surface area contributed by atoms with Crippen LogP contribution >= 0.6 is 0 Å². The lowest BCUT2D eigenvalue weighted by Crippen LogP contribution is -2.08. The molecule has 0 aromatic heterocycles. The highest BCUT2D eigenvalue weighted by Gasteiger charge is 2.01. The van der Waals surface area contributed by atoms with Crippen molar-refractivity contribution >= 4 is 11.9 Å². The number of carbonyl (C=O) groups is 2. The molecule has 0 rings (SSSR count). The van der Waals surface area contributed by atoms with E-state index in [2.05, 4.69) is 12.2 Å². The van der Waals surface area contributed by atoms with Gasteiger partial charge < -0.3 is 9.84 Å². The Bertz CT molecular complexity index is 258. The lowest BCUT2D eigenvalue weighted by atomic mass is 10.1. The molecule has 0 aromatic carbocycles. The number of unbranched alkanes of at least 4 members (excludes halogenated alkanes) is 2. The van der Waals surface area contributed by atoms with Crippen molar-refractivity contribution in [2.45, 2.75) is 46.0 Å². The Morgan fingerprint density at radius 1 is 1.29 bits per heavy atom. The highest BCUT2D eigenvalue weighted by Crippen LogP contribution is 2.06. The largest absolute Gasteiger partial charge is 0.481 e. The van der Waals surface area contributed by atoms with Crippen molar-refractivity contribution in [1.82, 2.24) is 0 Å². The quantitative estimate of drug-likeness (QED) is 0.383. The van der Waals surface area contributed by atoms with E-state index < -0.39 is 5.97 Å². The third kappa shape index (κ3) is 12.6. The van der Waals surface area contributed by atoms with Crippen LogP contribution in [0.4, 0.5) is 0 Å². The number of ether oxygens (including phenoxy) is 1. The number of hydrogen-bond acceptors (Lipinski definition) is 3. The molecule has 0 amide bonds. The third-order valence-corrected chi connectivity index (χ3v) is 2.29. The number of aliphatic carboxylic acids is 1. The van der Waals surface area contributed by atoms with Crippen LogP contribution in [0, 0.1) is 5.92 Å². The average molecular weight is 242 g/mol. The lowest BCUT2D eigenvalue weighted by molar-refractivity contribution is -0.142. The molecule has 0 bridgehead atoms. The first-order chi connectivity index (χ1) is 8.02. The van der Waals surface area contributed by atoms with Crippen molar-refractivity contribution in [3.63, 3.8) is 0 Å². The number of rotatable bonds is 9. The molecule has 17 heavy (non-hydrogen) atoms. The van der Waals surface area contributed by atoms with Crippen LogP contribution in [-0.4, -0.2) is 23.7 Å². The van der Waals surface area contributed by atoms with Gasteiger partial charge >= 0.3 is 11.9 Å². The maximum absolute atomic E-state index is 10.6. The Balaban J connectivity index is 3.40. The highest BCUT2D eigenvalue weighted by atomic mass is 16.5. The second kappa shape index (κ2) is 9.87. The van der Waals surface area contributed by atoms with Gasteiger partial charge in [-0.15, -0.1) is 0 Å². The van der Waals surface area contributed by atoms with Crippen molar-refractivity contribution < 1.29 is 19.4 Å². The van der Waals surface area contributed by atoms with Crippen LogP contribution in [0.15, 0.2) is 12.2 Å². The van der Waals surface area contributed by atoms with Gasteiger partial charge in [0.15, 0.2) is 0 Å². The van der Waals surface area contributed by atoms with Crippen LogP contribution in [0.3, 0.4) is 0 Å². The fourth-order valence-corrected chi connectivity index (χ4v) is 1.31. The predicted molar refractivity (Wildman–Crippen MR) is 65.7 cm³/mol. The second-order valence-electron chi connectivity index (χ2n) is 4.25. The van der Waals surface area contributed by atoms with Crippen LogP contribution in [0.1, 0.15) is 46.0 Å². The summed E-state index contributed by atoms with van der Waals surface area (Å²) in [5, 5.41) is 8.43. The molecule has 0 aliphatic heterocycles. The number of carboxylic acid groups (broad SMARTS) is 1. The molecule has 0 saturated heterocycles. The Kier molecular flexibility index (Phi) is 9.11. The Labute approximate surface area is 103 Å². The Morgan fingerprint density at radius 2 is 2.00 bits per heavy atom. The predicted octanol–water partition coefficient (Wildman–Crippen LogP) is 2.78. The second-order valence-corrected chi connectivity index (χ2v) is 4.25. The first kappa shape index (κ1) is 15.7. The molecule has 0 heterocycles. The summed E-state index contributed by atoms with van der Waals surface area (Å²) in [6.07, 6.45) is 7.79. The molecule has 1 N–H and O–H groups in total. The summed E-state index contributed by atoms with van der Waals surface area (Å²) in [6.45, 7) is 3.89. The van der Waals surface area contributed by atoms with Gasteiger partial charge in [0.25, 0.3) is 0 Å². The fourth-order valence-electron chi connectivity index (χ4n) is 1.31. The van der Waals surface area contributed by atoms with Crippen molar-refractivity contribution in [2.24, 2.45) is 5.92 Å². The maximum atomic E-state index is 10.6. The molecule has 1 atom stereocenters. The molecule has 0 fully saturated rings. The minimum atomic E-state index is -0.732. The number of esters is 1. The SMILES string of the molecule is CC(=O)OC[C@H](C)C/C=C/CCCCC(=O)O. The summed E-state index contributed by atoms with van der Waals surface area (Å²) in [6, 6.07) is 0. The van der Waals surface area contributed by atoms with E-state index in [0.29, 0.717) is 12.5 Å². The number of carboxylic acids is 1. The third-order valence-electron chi connectivity index (χ3n) is 2.29. The number of hydrogen-bond donors (Lipinski definition) is 1. The molecular formula is C13H22O4. The first-order valence-corrected chi connectivity index (χ1v) is 6.02. The van der Waals surface area contributed by atoms with Gasteiger partial charge in [-0.25, -0.2) is 0 Å². The summed E-state index contributed by atoms with van der Waals surface area (Å²) in [5.74, 6) is -0.646. The zero-order valence-electron chi connectivity index (χ0n) is 10.6. The van der Waals surface area contributed by atoms with E-state index in [1.807, 2.05) is 6.92 Å². The van der Waals surface area contributed by atoms with Crippen molar-refractivity contribution in [3.05, 3.63) is 12.2 Å². The van der Waals surface area contributed by atoms with Gasteiger partial charge in [0.05, 0.1) is 6.61 Å². The van der Waals surface area contributed by atoms with Crippen LogP contribution in [0.5, 0.6) is 0 Å². The highest BCUT2D eigenvalue weighted by molar-refractivity contribution is 5.66. The molecule has 0 saturated carbocycles. The normalized spacial score (nSPS) is 12.6. The molecule has 4 heteroatoms. The standard InChI is InChI=1S/C13H22O4/c1-11(10-17-12(2)14)8-6-4-3-5-7-9-13(15)16/h4,6,11H,3,5,7-10H2,1-2H3,(H,15,16)/b6-4+/t11-/m1/s1. The van der Waals surface area contributed by atoms with Gasteiger partial charge in [-0.2, -0.15) is 0 Å². The summed E-state index contributed by atoms with van der Waals surface area (Å²) >= 11 is 0. The van der Waals surface area contributed by atoms with Crippen molar-refractivity contribution in [3.8, 4) is 0 Å². The van der Waals surface area contributed by atoms with Gasteiger partial charge in [-0.05, 0) is 31.6 Å². The van der Waals surface area contributed by atoms with E-state index in [9.17, 15) is 9.59 Å². The summed E-state index contributed by atoms with van der Waals surface area (Å²) in [5.41, 5.74) is 0. The smallest absolute Gasteiger partial charge is 0.303 e. The van der Waals surface area contributed by atoms with E-state index in [0.717, 1.165) is 25.7 Å². The van der Waals surface area contributed by atoms with Gasteiger partial charge in [0.2, 0.25) is 0 Å². The molecule has 98 valence electrons. The minimum Gasteiger partial charge on any atom is -0.481 e. The van der Waals surface area contributed by atoms with E-state index >= 15 is 0 Å². The molecule has 0 radical (unpaired) electrons. The number of carbonyl (C=O) groups excluding carboxylic acids is 1. The monoisotopic (exact) mass is 242 g/mol. The molecule has 0 aromatic rings. The average Bonchev–Trinajstić information content (AvgIpc) is 2.24. The van der Waals surface area contributed by atoms with Gasteiger partial charge in [0, 0.05) is 13.3 Å². The lowest BCUT2D eigenvalue weighted by Gasteiger charge is -2.07. The maximum Gasteiger partial charge on any atom is 0.303 e. The van der Waals surface area contributed by atoms with E-state index in [4.69, 9.17) is 9.84 Å². The van der Waals surface area contributed by atoms with Gasteiger partial charge in [0.1, 0.15) is 0 Å². The van der Waals surface area contributed by atoms with Gasteiger partial charge in [-0.1, -0.05) is 19.1 Å². The van der Waals surface area contributed by atoms with E-state index in [-0.39, 0.29) is 12.4 Å². The van der Waals surface area contributed by atoms with Crippen LogP contribution in [0.25, 0.3) is 0 Å². The van der Waals surface area contributed by atoms with Crippen LogP contribution in [0.2, 0.25) is 0 Å². The summed E-state index contributed by atoms with van der Waals surface area (Å²) in [7, 11) is 0. The minimum absolute atomic E-state index is 0.241. The Morgan fingerprint density at radius 3 is 2.59 bits per heavy atom. The summed E-state index contributed by atoms with van der Waals surface area (Å²) in [4.78, 5) is 20.8. The fraction of sp³-hybridized carbons (Fsp3) is 0.692. The summed E-state index contributed by atoms with van der Waals surface area (Å²) < 4.78 is 4.89. The van der Waals surface area contributed by atoms with Crippen molar-refractivity contribution in [1.29, 1.82) is 0 Å². The molecule has 0 aliphatic rings. The van der Waals surface area contributed by atoms with Crippen LogP contribution in [-0.2, 0) is 14.3 Å². The topological polar surface area (TPSA) is 63.6 Å². The Hall–Kier alpha value is -1.32. The molecular weight excluding hydrogens is 220 g/mol. The molecule has 0 spiro atoms. The first-order valence-electron chi connectivity index (χ1n) is 6.02. The van der Waals surface area contributed by atoms with E-state index in [1.165, 1.54) is 6.92 Å². The molecule has 0 unspecified atom stereocenters. The molecule has 4 nitrogen and oxygen atoms in total. The zero-order valence-corrected chi connectivity index (χ0v) is 10.6. The van der Waals surface area contributed by atoms with Crippen LogP contribution < -0.4 is 0 Å². The van der Waals surface area contributed by atoms with E-state index in [1.54, 1.807) is 0 Å². The zero-order chi connectivity index (χ0) is 13.1. The molecule has 0 aliphatic carbocycles. The van der Waals surface area contributed by atoms with Crippen molar-refractivity contribution in [2.75, 3.05) is 6.61 Å².